The number of aryl methyl sites for hydroxylation is 1. The smallest absolute Gasteiger partial charge is 0.194 e. The molecule has 0 bridgehead atoms. The lowest BCUT2D eigenvalue weighted by molar-refractivity contribution is 0.391. The normalized spacial score (nSPS) is 11.6. The van der Waals surface area contributed by atoms with Crippen molar-refractivity contribution in [1.82, 2.24) is 20.4 Å². The van der Waals surface area contributed by atoms with Gasteiger partial charge in [-0.25, -0.2) is 4.98 Å². The molecule has 102 valence electrons. The molecule has 0 aromatic carbocycles. The Morgan fingerprint density at radius 2 is 2.42 bits per heavy atom. The van der Waals surface area contributed by atoms with E-state index < -0.39 is 0 Å². The van der Waals surface area contributed by atoms with Crippen molar-refractivity contribution >= 4 is 17.3 Å². The largest absolute Gasteiger partial charge is 0.364 e. The van der Waals surface area contributed by atoms with Crippen LogP contribution in [0.25, 0.3) is 0 Å². The van der Waals surface area contributed by atoms with Crippen LogP contribution in [-0.2, 0) is 13.1 Å². The SMILES string of the molecule is CN=C(NCc1scnc1C)N(C)Cc1ccon1. The summed E-state index contributed by atoms with van der Waals surface area (Å²) in [6.07, 6.45) is 1.57. The van der Waals surface area contributed by atoms with E-state index in [4.69, 9.17) is 4.52 Å². The molecule has 2 rings (SSSR count). The highest BCUT2D eigenvalue weighted by molar-refractivity contribution is 7.09. The monoisotopic (exact) mass is 279 g/mol. The Morgan fingerprint density at radius 3 is 3.00 bits per heavy atom. The van der Waals surface area contributed by atoms with Gasteiger partial charge in [0.15, 0.2) is 5.96 Å². The van der Waals surface area contributed by atoms with Crippen LogP contribution >= 0.6 is 11.3 Å². The number of aromatic nitrogens is 2. The van der Waals surface area contributed by atoms with Crippen molar-refractivity contribution in [2.75, 3.05) is 14.1 Å². The molecule has 0 aliphatic rings. The van der Waals surface area contributed by atoms with Crippen molar-refractivity contribution in [2.45, 2.75) is 20.0 Å². The molecule has 0 aliphatic heterocycles. The van der Waals surface area contributed by atoms with E-state index in [2.05, 4.69) is 20.4 Å². The third kappa shape index (κ3) is 3.54. The van der Waals surface area contributed by atoms with Crippen LogP contribution in [0, 0.1) is 6.92 Å². The molecule has 2 aromatic rings. The predicted molar refractivity (Wildman–Crippen MR) is 75.0 cm³/mol. The van der Waals surface area contributed by atoms with Crippen molar-refractivity contribution in [3.05, 3.63) is 34.1 Å². The first-order valence-electron chi connectivity index (χ1n) is 5.90. The van der Waals surface area contributed by atoms with E-state index in [-0.39, 0.29) is 0 Å². The molecule has 0 spiro atoms. The lowest BCUT2D eigenvalue weighted by Crippen LogP contribution is -2.38. The van der Waals surface area contributed by atoms with E-state index in [0.717, 1.165) is 23.9 Å². The van der Waals surface area contributed by atoms with Crippen LogP contribution in [-0.4, -0.2) is 35.1 Å². The Morgan fingerprint density at radius 1 is 1.58 bits per heavy atom. The summed E-state index contributed by atoms with van der Waals surface area (Å²) >= 11 is 1.64. The first-order chi connectivity index (χ1) is 9.20. The third-order valence-corrected chi connectivity index (χ3v) is 3.65. The Labute approximate surface area is 116 Å². The molecular weight excluding hydrogens is 262 g/mol. The summed E-state index contributed by atoms with van der Waals surface area (Å²) in [5.74, 6) is 0.816. The Balaban J connectivity index is 1.91. The molecule has 2 aromatic heterocycles. The van der Waals surface area contributed by atoms with E-state index >= 15 is 0 Å². The maximum absolute atomic E-state index is 4.82. The van der Waals surface area contributed by atoms with Gasteiger partial charge in [0.1, 0.15) is 12.0 Å². The highest BCUT2D eigenvalue weighted by Crippen LogP contribution is 2.11. The number of nitrogens with zero attached hydrogens (tertiary/aromatic N) is 4. The summed E-state index contributed by atoms with van der Waals surface area (Å²) in [4.78, 5) is 11.7. The molecule has 0 aliphatic carbocycles. The zero-order chi connectivity index (χ0) is 13.7. The fourth-order valence-corrected chi connectivity index (χ4v) is 2.39. The molecular formula is C12H17N5OS. The summed E-state index contributed by atoms with van der Waals surface area (Å²) in [7, 11) is 3.73. The highest BCUT2D eigenvalue weighted by Gasteiger charge is 2.09. The van der Waals surface area contributed by atoms with Gasteiger partial charge in [-0.15, -0.1) is 11.3 Å². The van der Waals surface area contributed by atoms with Crippen LogP contribution in [0.2, 0.25) is 0 Å². The molecule has 19 heavy (non-hydrogen) atoms. The van der Waals surface area contributed by atoms with Gasteiger partial charge < -0.3 is 14.7 Å². The number of hydrogen-bond acceptors (Lipinski definition) is 5. The van der Waals surface area contributed by atoms with Crippen molar-refractivity contribution in [3.63, 3.8) is 0 Å². The van der Waals surface area contributed by atoms with E-state index in [0.29, 0.717) is 6.54 Å². The van der Waals surface area contributed by atoms with Crippen LogP contribution in [0.15, 0.2) is 27.4 Å². The van der Waals surface area contributed by atoms with Gasteiger partial charge in [0.05, 0.1) is 24.3 Å². The van der Waals surface area contributed by atoms with Gasteiger partial charge in [-0.2, -0.15) is 0 Å². The number of guanidine groups is 1. The molecule has 0 fully saturated rings. The van der Waals surface area contributed by atoms with Gasteiger partial charge in [-0.05, 0) is 6.92 Å². The van der Waals surface area contributed by atoms with Gasteiger partial charge in [0, 0.05) is 25.0 Å². The lowest BCUT2D eigenvalue weighted by Gasteiger charge is -2.20. The molecule has 6 nitrogen and oxygen atoms in total. The van der Waals surface area contributed by atoms with Crippen LogP contribution in [0.4, 0.5) is 0 Å². The fraction of sp³-hybridized carbons (Fsp3) is 0.417. The van der Waals surface area contributed by atoms with Gasteiger partial charge in [0.25, 0.3) is 0 Å². The van der Waals surface area contributed by atoms with Crippen LogP contribution in [0.5, 0.6) is 0 Å². The van der Waals surface area contributed by atoms with Crippen LogP contribution in [0.1, 0.15) is 16.3 Å². The molecule has 0 radical (unpaired) electrons. The maximum atomic E-state index is 4.82. The van der Waals surface area contributed by atoms with Crippen molar-refractivity contribution in [1.29, 1.82) is 0 Å². The zero-order valence-electron chi connectivity index (χ0n) is 11.3. The molecule has 1 N–H and O–H groups in total. The van der Waals surface area contributed by atoms with Gasteiger partial charge in [0.2, 0.25) is 0 Å². The maximum Gasteiger partial charge on any atom is 0.194 e. The fourth-order valence-electron chi connectivity index (χ4n) is 1.68. The summed E-state index contributed by atoms with van der Waals surface area (Å²) in [6, 6.07) is 1.84. The quantitative estimate of drug-likeness (QED) is 0.681. The molecule has 0 amide bonds. The molecule has 0 saturated heterocycles. The molecule has 7 heteroatoms. The minimum Gasteiger partial charge on any atom is -0.364 e. The molecule has 0 unspecified atom stereocenters. The van der Waals surface area contributed by atoms with Gasteiger partial charge in [-0.1, -0.05) is 5.16 Å². The average Bonchev–Trinajstić information content (AvgIpc) is 3.02. The van der Waals surface area contributed by atoms with Crippen molar-refractivity contribution in [3.8, 4) is 0 Å². The van der Waals surface area contributed by atoms with Crippen LogP contribution < -0.4 is 5.32 Å². The van der Waals surface area contributed by atoms with E-state index in [1.54, 1.807) is 24.6 Å². The zero-order valence-corrected chi connectivity index (χ0v) is 12.1. The Kier molecular flexibility index (Phi) is 4.51. The average molecular weight is 279 g/mol. The van der Waals surface area contributed by atoms with Gasteiger partial charge >= 0.3 is 0 Å². The number of rotatable bonds is 4. The summed E-state index contributed by atoms with van der Waals surface area (Å²) in [5, 5.41) is 7.20. The van der Waals surface area contributed by atoms with Gasteiger partial charge in [-0.3, -0.25) is 4.99 Å². The standard InChI is InChI=1S/C12H17N5OS/c1-9-11(19-8-15-9)6-14-12(13-2)17(3)7-10-4-5-18-16-10/h4-5,8H,6-7H2,1-3H3,(H,13,14). The summed E-state index contributed by atoms with van der Waals surface area (Å²) < 4.78 is 4.82. The third-order valence-electron chi connectivity index (χ3n) is 2.72. The first kappa shape index (κ1) is 13.5. The minimum atomic E-state index is 0.651. The van der Waals surface area contributed by atoms with Crippen molar-refractivity contribution in [2.24, 2.45) is 4.99 Å². The summed E-state index contributed by atoms with van der Waals surface area (Å²) in [5.41, 5.74) is 3.79. The van der Waals surface area contributed by atoms with Crippen LogP contribution in [0.3, 0.4) is 0 Å². The number of thiazole rings is 1. The van der Waals surface area contributed by atoms with E-state index in [1.165, 1.54) is 4.88 Å². The topological polar surface area (TPSA) is 66.6 Å². The second-order valence-corrected chi connectivity index (χ2v) is 5.05. The highest BCUT2D eigenvalue weighted by atomic mass is 32.1. The second kappa shape index (κ2) is 6.33. The molecule has 0 atom stereocenters. The van der Waals surface area contributed by atoms with Crippen molar-refractivity contribution < 1.29 is 4.52 Å². The predicted octanol–water partition coefficient (Wildman–Crippen LogP) is 1.65. The molecule has 0 saturated carbocycles. The lowest BCUT2D eigenvalue weighted by atomic mass is 10.4. The number of hydrogen-bond donors (Lipinski definition) is 1. The minimum absolute atomic E-state index is 0.651. The molecule has 2 heterocycles. The number of aliphatic imine (C=N–C) groups is 1. The summed E-state index contributed by atoms with van der Waals surface area (Å²) in [6.45, 7) is 3.39. The first-order valence-corrected chi connectivity index (χ1v) is 6.78. The second-order valence-electron chi connectivity index (χ2n) is 4.11. The Hall–Kier alpha value is -1.89. The Bertz CT molecular complexity index is 534. The van der Waals surface area contributed by atoms with E-state index in [9.17, 15) is 0 Å². The van der Waals surface area contributed by atoms with E-state index in [1.807, 2.05) is 30.4 Å². The number of nitrogens with one attached hydrogen (secondary N) is 1.